The molecule has 8 nitrogen and oxygen atoms in total. The molecule has 1 unspecified atom stereocenters. The van der Waals surface area contributed by atoms with Crippen LogP contribution in [-0.2, 0) is 19.0 Å². The Labute approximate surface area is 102 Å². The molecule has 1 saturated heterocycles. The number of hydrogen-bond acceptors (Lipinski definition) is 8. The SMILES string of the molecule is O=C1OCC=C1OC1O[C@H](CO)[C@@H](O)[C@H](O)[C@H]1O. The predicted octanol–water partition coefficient (Wildman–Crippen LogP) is -2.76. The van der Waals surface area contributed by atoms with E-state index < -0.39 is 43.3 Å². The largest absolute Gasteiger partial charge is 0.455 e. The molecule has 0 bridgehead atoms. The van der Waals surface area contributed by atoms with E-state index in [4.69, 9.17) is 14.6 Å². The lowest BCUT2D eigenvalue weighted by molar-refractivity contribution is -0.291. The third kappa shape index (κ3) is 2.33. The van der Waals surface area contributed by atoms with Gasteiger partial charge in [-0.1, -0.05) is 0 Å². The number of aliphatic hydroxyl groups is 4. The van der Waals surface area contributed by atoms with Crippen molar-refractivity contribution in [3.8, 4) is 0 Å². The summed E-state index contributed by atoms with van der Waals surface area (Å²) in [6.45, 7) is -0.500. The highest BCUT2D eigenvalue weighted by Gasteiger charge is 2.45. The van der Waals surface area contributed by atoms with E-state index in [1.807, 2.05) is 0 Å². The third-order valence-electron chi connectivity index (χ3n) is 2.78. The molecule has 0 aromatic carbocycles. The van der Waals surface area contributed by atoms with Crippen molar-refractivity contribution in [2.45, 2.75) is 30.7 Å². The van der Waals surface area contributed by atoms with E-state index in [1.165, 1.54) is 6.08 Å². The molecule has 0 saturated carbocycles. The van der Waals surface area contributed by atoms with Gasteiger partial charge in [-0.3, -0.25) is 0 Å². The summed E-state index contributed by atoms with van der Waals surface area (Å²) in [5.74, 6) is -0.841. The zero-order chi connectivity index (χ0) is 13.3. The number of esters is 1. The van der Waals surface area contributed by atoms with Crippen LogP contribution in [0.25, 0.3) is 0 Å². The van der Waals surface area contributed by atoms with Gasteiger partial charge in [0.25, 0.3) is 0 Å². The lowest BCUT2D eigenvalue weighted by Gasteiger charge is -2.39. The molecule has 1 fully saturated rings. The second kappa shape index (κ2) is 5.21. The molecule has 4 N–H and O–H groups in total. The minimum absolute atomic E-state index is 0.0611. The smallest absolute Gasteiger partial charge is 0.373 e. The van der Waals surface area contributed by atoms with Crippen LogP contribution in [0, 0.1) is 0 Å². The van der Waals surface area contributed by atoms with Gasteiger partial charge in [0.2, 0.25) is 12.0 Å². The third-order valence-corrected chi connectivity index (χ3v) is 2.78. The summed E-state index contributed by atoms with van der Waals surface area (Å²) in [5, 5.41) is 37.6. The Morgan fingerprint density at radius 2 is 2.00 bits per heavy atom. The monoisotopic (exact) mass is 262 g/mol. The highest BCUT2D eigenvalue weighted by molar-refractivity contribution is 5.88. The van der Waals surface area contributed by atoms with E-state index in [-0.39, 0.29) is 12.4 Å². The molecule has 2 aliphatic heterocycles. The number of hydrogen-bond donors (Lipinski definition) is 4. The number of rotatable bonds is 3. The summed E-state index contributed by atoms with van der Waals surface area (Å²) in [5.41, 5.74) is 0. The van der Waals surface area contributed by atoms with Crippen molar-refractivity contribution >= 4 is 5.97 Å². The van der Waals surface area contributed by atoms with Crippen molar-refractivity contribution in [3.05, 3.63) is 11.8 Å². The van der Waals surface area contributed by atoms with Crippen LogP contribution in [0.4, 0.5) is 0 Å². The van der Waals surface area contributed by atoms with Crippen LogP contribution in [0.5, 0.6) is 0 Å². The maximum atomic E-state index is 11.1. The van der Waals surface area contributed by atoms with Gasteiger partial charge < -0.3 is 34.6 Å². The molecule has 0 radical (unpaired) electrons. The fourth-order valence-corrected chi connectivity index (χ4v) is 1.73. The van der Waals surface area contributed by atoms with E-state index in [2.05, 4.69) is 4.74 Å². The Kier molecular flexibility index (Phi) is 3.83. The molecule has 102 valence electrons. The maximum Gasteiger partial charge on any atom is 0.373 e. The Balaban J connectivity index is 2.05. The van der Waals surface area contributed by atoms with E-state index in [9.17, 15) is 20.1 Å². The van der Waals surface area contributed by atoms with Crippen molar-refractivity contribution in [2.24, 2.45) is 0 Å². The average molecular weight is 262 g/mol. The molecule has 0 aliphatic carbocycles. The second-order valence-corrected chi connectivity index (χ2v) is 3.98. The standard InChI is InChI=1S/C10H14O8/c11-3-5-6(12)7(13)8(14)10(18-5)17-4-1-2-16-9(4)15/h1,5-8,10-14H,2-3H2/t5-,6-,7+,8-,10?/m1/s1. The summed E-state index contributed by atoms with van der Waals surface area (Å²) in [4.78, 5) is 11.1. The normalized spacial score (nSPS) is 40.3. The van der Waals surface area contributed by atoms with Crippen molar-refractivity contribution in [1.29, 1.82) is 0 Å². The highest BCUT2D eigenvalue weighted by Crippen LogP contribution is 2.24. The Morgan fingerprint density at radius 1 is 1.28 bits per heavy atom. The lowest BCUT2D eigenvalue weighted by Crippen LogP contribution is -2.59. The van der Waals surface area contributed by atoms with E-state index in [1.54, 1.807) is 0 Å². The molecule has 0 aromatic heterocycles. The minimum atomic E-state index is -1.54. The molecule has 2 aliphatic rings. The van der Waals surface area contributed by atoms with Crippen LogP contribution in [0.2, 0.25) is 0 Å². The first-order valence-corrected chi connectivity index (χ1v) is 5.39. The first-order valence-electron chi connectivity index (χ1n) is 5.39. The van der Waals surface area contributed by atoms with Crippen molar-refractivity contribution in [3.63, 3.8) is 0 Å². The number of cyclic esters (lactones) is 1. The van der Waals surface area contributed by atoms with Crippen LogP contribution < -0.4 is 0 Å². The van der Waals surface area contributed by atoms with Gasteiger partial charge >= 0.3 is 5.97 Å². The molecular weight excluding hydrogens is 248 g/mol. The van der Waals surface area contributed by atoms with Crippen LogP contribution in [-0.4, -0.2) is 70.3 Å². The van der Waals surface area contributed by atoms with Gasteiger partial charge in [0, 0.05) is 6.08 Å². The van der Waals surface area contributed by atoms with E-state index >= 15 is 0 Å². The van der Waals surface area contributed by atoms with Crippen LogP contribution in [0.1, 0.15) is 0 Å². The fraction of sp³-hybridized carbons (Fsp3) is 0.700. The zero-order valence-electron chi connectivity index (χ0n) is 9.30. The fourth-order valence-electron chi connectivity index (χ4n) is 1.73. The van der Waals surface area contributed by atoms with E-state index in [0.29, 0.717) is 0 Å². The number of carbonyl (C=O) groups excluding carboxylic acids is 1. The molecule has 8 heteroatoms. The van der Waals surface area contributed by atoms with Crippen molar-refractivity contribution in [2.75, 3.05) is 13.2 Å². The van der Waals surface area contributed by atoms with Crippen molar-refractivity contribution in [1.82, 2.24) is 0 Å². The molecule has 5 atom stereocenters. The number of aliphatic hydroxyl groups excluding tert-OH is 4. The summed E-state index contributed by atoms with van der Waals surface area (Å²) in [6, 6.07) is 0. The van der Waals surface area contributed by atoms with Gasteiger partial charge in [-0.05, 0) is 0 Å². The first kappa shape index (κ1) is 13.2. The molecular formula is C10H14O8. The second-order valence-electron chi connectivity index (χ2n) is 3.98. The molecule has 2 rings (SSSR count). The predicted molar refractivity (Wildman–Crippen MR) is 53.9 cm³/mol. The van der Waals surface area contributed by atoms with Crippen molar-refractivity contribution < 1.29 is 39.4 Å². The molecule has 0 amide bonds. The van der Waals surface area contributed by atoms with Crippen LogP contribution in [0.15, 0.2) is 11.8 Å². The van der Waals surface area contributed by atoms with Gasteiger partial charge in [0.1, 0.15) is 31.0 Å². The average Bonchev–Trinajstić information content (AvgIpc) is 2.76. The maximum absolute atomic E-state index is 11.1. The molecule has 0 spiro atoms. The highest BCUT2D eigenvalue weighted by atomic mass is 16.7. The minimum Gasteiger partial charge on any atom is -0.455 e. The first-order chi connectivity index (χ1) is 8.54. The molecule has 18 heavy (non-hydrogen) atoms. The quantitative estimate of drug-likeness (QED) is 0.403. The van der Waals surface area contributed by atoms with Gasteiger partial charge in [-0.2, -0.15) is 0 Å². The summed E-state index contributed by atoms with van der Waals surface area (Å²) in [6.07, 6.45) is -5.64. The van der Waals surface area contributed by atoms with E-state index in [0.717, 1.165) is 0 Å². The summed E-state index contributed by atoms with van der Waals surface area (Å²) in [7, 11) is 0. The van der Waals surface area contributed by atoms with Crippen LogP contribution >= 0.6 is 0 Å². The van der Waals surface area contributed by atoms with Gasteiger partial charge in [-0.25, -0.2) is 4.79 Å². The van der Waals surface area contributed by atoms with Crippen LogP contribution in [0.3, 0.4) is 0 Å². The number of carbonyl (C=O) groups is 1. The Morgan fingerprint density at radius 3 is 2.56 bits per heavy atom. The summed E-state index contributed by atoms with van der Waals surface area (Å²) < 4.78 is 14.7. The van der Waals surface area contributed by atoms with Gasteiger partial charge in [-0.15, -0.1) is 0 Å². The number of ether oxygens (including phenoxy) is 3. The zero-order valence-corrected chi connectivity index (χ0v) is 9.30. The molecule has 2 heterocycles. The topological polar surface area (TPSA) is 126 Å². The lowest BCUT2D eigenvalue weighted by atomic mass is 9.99. The van der Waals surface area contributed by atoms with Gasteiger partial charge in [0.15, 0.2) is 0 Å². The Bertz CT molecular complexity index is 352. The van der Waals surface area contributed by atoms with Gasteiger partial charge in [0.05, 0.1) is 6.61 Å². The molecule has 0 aromatic rings. The Hall–Kier alpha value is -1.19. The summed E-state index contributed by atoms with van der Waals surface area (Å²) >= 11 is 0.